The zero-order valence-corrected chi connectivity index (χ0v) is 7.94. The third-order valence-electron chi connectivity index (χ3n) is 2.31. The number of aliphatic hydroxyl groups is 1. The fourth-order valence-corrected chi connectivity index (χ4v) is 1.52. The molecule has 1 aliphatic carbocycles. The maximum atomic E-state index is 8.91. The van der Waals surface area contributed by atoms with Gasteiger partial charge in [-0.05, 0) is 12.8 Å². The lowest BCUT2D eigenvalue weighted by Crippen LogP contribution is -2.38. The molecule has 1 heterocycles. The van der Waals surface area contributed by atoms with Crippen molar-refractivity contribution in [2.75, 3.05) is 0 Å². The lowest BCUT2D eigenvalue weighted by molar-refractivity contribution is 0.212. The molecule has 1 aromatic heterocycles. The molecule has 5 nitrogen and oxygen atoms in total. The van der Waals surface area contributed by atoms with E-state index in [1.165, 1.54) is 0 Å². The number of nitrogens with two attached hydrogens (primary N) is 1. The van der Waals surface area contributed by atoms with Crippen LogP contribution in [0.4, 0.5) is 0 Å². The van der Waals surface area contributed by atoms with Crippen LogP contribution in [0, 0.1) is 0 Å². The molecule has 0 amide bonds. The van der Waals surface area contributed by atoms with Crippen molar-refractivity contribution in [2.45, 2.75) is 31.5 Å². The molecular weight excluding hydrogens is 192 g/mol. The summed E-state index contributed by atoms with van der Waals surface area (Å²) < 4.78 is 1.77. The SMILES string of the molecule is Cl.NC1CC(n2nncc2CO)C1. The van der Waals surface area contributed by atoms with Crippen LogP contribution < -0.4 is 5.73 Å². The van der Waals surface area contributed by atoms with Crippen molar-refractivity contribution in [3.05, 3.63) is 11.9 Å². The Morgan fingerprint density at radius 1 is 1.62 bits per heavy atom. The summed E-state index contributed by atoms with van der Waals surface area (Å²) in [5.74, 6) is 0. The van der Waals surface area contributed by atoms with E-state index in [9.17, 15) is 0 Å². The van der Waals surface area contributed by atoms with Gasteiger partial charge < -0.3 is 10.8 Å². The van der Waals surface area contributed by atoms with Gasteiger partial charge >= 0.3 is 0 Å². The molecule has 3 N–H and O–H groups in total. The third-order valence-corrected chi connectivity index (χ3v) is 2.31. The van der Waals surface area contributed by atoms with E-state index in [0.29, 0.717) is 12.1 Å². The van der Waals surface area contributed by atoms with Gasteiger partial charge in [0.2, 0.25) is 0 Å². The Hall–Kier alpha value is -0.650. The highest BCUT2D eigenvalue weighted by atomic mass is 35.5. The first kappa shape index (κ1) is 10.4. The number of aliphatic hydroxyl groups excluding tert-OH is 1. The Kier molecular flexibility index (Phi) is 3.24. The smallest absolute Gasteiger partial charge is 0.0866 e. The van der Waals surface area contributed by atoms with Crippen molar-refractivity contribution in [1.82, 2.24) is 15.0 Å². The number of nitrogens with zero attached hydrogens (tertiary/aromatic N) is 3. The Morgan fingerprint density at radius 3 is 2.85 bits per heavy atom. The van der Waals surface area contributed by atoms with E-state index in [4.69, 9.17) is 10.8 Å². The van der Waals surface area contributed by atoms with E-state index in [-0.39, 0.29) is 19.0 Å². The van der Waals surface area contributed by atoms with E-state index in [1.54, 1.807) is 10.9 Å². The quantitative estimate of drug-likeness (QED) is 0.703. The minimum atomic E-state index is -0.00125. The van der Waals surface area contributed by atoms with Gasteiger partial charge in [-0.25, -0.2) is 4.68 Å². The fourth-order valence-electron chi connectivity index (χ4n) is 1.52. The van der Waals surface area contributed by atoms with Gasteiger partial charge in [-0.3, -0.25) is 0 Å². The molecule has 74 valence electrons. The molecule has 0 saturated heterocycles. The van der Waals surface area contributed by atoms with Gasteiger partial charge in [-0.15, -0.1) is 17.5 Å². The first-order valence-electron chi connectivity index (χ1n) is 4.06. The van der Waals surface area contributed by atoms with Crippen LogP contribution in [-0.4, -0.2) is 26.1 Å². The van der Waals surface area contributed by atoms with Crippen molar-refractivity contribution in [1.29, 1.82) is 0 Å². The van der Waals surface area contributed by atoms with Gasteiger partial charge in [-0.1, -0.05) is 5.21 Å². The predicted molar refractivity (Wildman–Crippen MR) is 49.4 cm³/mol. The van der Waals surface area contributed by atoms with Crippen molar-refractivity contribution in [3.8, 4) is 0 Å². The first-order valence-corrected chi connectivity index (χ1v) is 4.06. The van der Waals surface area contributed by atoms with Crippen LogP contribution in [-0.2, 0) is 6.61 Å². The Bertz CT molecular complexity index is 271. The summed E-state index contributed by atoms with van der Waals surface area (Å²) in [7, 11) is 0. The van der Waals surface area contributed by atoms with E-state index in [0.717, 1.165) is 18.5 Å². The van der Waals surface area contributed by atoms with Gasteiger partial charge in [0.25, 0.3) is 0 Å². The molecule has 0 unspecified atom stereocenters. The van der Waals surface area contributed by atoms with Crippen molar-refractivity contribution < 1.29 is 5.11 Å². The lowest BCUT2D eigenvalue weighted by Gasteiger charge is -2.32. The van der Waals surface area contributed by atoms with Crippen LogP contribution in [0.15, 0.2) is 6.20 Å². The molecule has 0 aliphatic heterocycles. The second-order valence-corrected chi connectivity index (χ2v) is 3.21. The minimum Gasteiger partial charge on any atom is -0.390 e. The number of aromatic nitrogens is 3. The van der Waals surface area contributed by atoms with Gasteiger partial charge in [0, 0.05) is 6.04 Å². The highest BCUT2D eigenvalue weighted by Gasteiger charge is 2.29. The Balaban J connectivity index is 0.000000845. The van der Waals surface area contributed by atoms with E-state index in [2.05, 4.69) is 10.3 Å². The zero-order chi connectivity index (χ0) is 8.55. The Labute approximate surface area is 82.3 Å². The maximum absolute atomic E-state index is 8.91. The number of halogens is 1. The van der Waals surface area contributed by atoms with Crippen molar-refractivity contribution in [2.24, 2.45) is 5.73 Å². The molecule has 1 saturated carbocycles. The molecular formula is C7H13ClN4O. The predicted octanol–water partition coefficient (Wildman–Crippen LogP) is -0.146. The summed E-state index contributed by atoms with van der Waals surface area (Å²) >= 11 is 0. The van der Waals surface area contributed by atoms with Gasteiger partial charge in [-0.2, -0.15) is 0 Å². The average Bonchev–Trinajstić information content (AvgIpc) is 2.45. The van der Waals surface area contributed by atoms with E-state index in [1.807, 2.05) is 0 Å². The molecule has 1 fully saturated rings. The summed E-state index contributed by atoms with van der Waals surface area (Å²) in [5.41, 5.74) is 6.41. The molecule has 13 heavy (non-hydrogen) atoms. The molecule has 0 aromatic carbocycles. The second-order valence-electron chi connectivity index (χ2n) is 3.21. The van der Waals surface area contributed by atoms with Gasteiger partial charge in [0.05, 0.1) is 24.5 Å². The molecule has 2 rings (SSSR count). The van der Waals surface area contributed by atoms with E-state index < -0.39 is 0 Å². The topological polar surface area (TPSA) is 77.0 Å². The maximum Gasteiger partial charge on any atom is 0.0866 e. The lowest BCUT2D eigenvalue weighted by atomic mass is 9.88. The zero-order valence-electron chi connectivity index (χ0n) is 7.13. The third kappa shape index (κ3) is 1.82. The minimum absolute atomic E-state index is 0. The average molecular weight is 205 g/mol. The monoisotopic (exact) mass is 204 g/mol. The second kappa shape index (κ2) is 4.04. The van der Waals surface area contributed by atoms with Crippen LogP contribution in [0.5, 0.6) is 0 Å². The van der Waals surface area contributed by atoms with Crippen LogP contribution in [0.1, 0.15) is 24.6 Å². The highest BCUT2D eigenvalue weighted by molar-refractivity contribution is 5.85. The standard InChI is InChI=1S/C7H12N4O.ClH/c8-5-1-6(2-5)11-7(4-12)3-9-10-11;/h3,5-6,12H,1-2,4,8H2;1H. The van der Waals surface area contributed by atoms with Gasteiger partial charge in [0.15, 0.2) is 0 Å². The summed E-state index contributed by atoms with van der Waals surface area (Å²) in [6.45, 7) is -0.00125. The fraction of sp³-hybridized carbons (Fsp3) is 0.714. The molecule has 6 heteroatoms. The summed E-state index contributed by atoms with van der Waals surface area (Å²) in [6, 6.07) is 0.649. The van der Waals surface area contributed by atoms with E-state index >= 15 is 0 Å². The number of rotatable bonds is 2. The van der Waals surface area contributed by atoms with Crippen LogP contribution >= 0.6 is 12.4 Å². The summed E-state index contributed by atoms with van der Waals surface area (Å²) in [4.78, 5) is 0. The van der Waals surface area contributed by atoms with Crippen molar-refractivity contribution >= 4 is 12.4 Å². The molecule has 0 bridgehead atoms. The summed E-state index contributed by atoms with van der Waals surface area (Å²) in [5, 5.41) is 16.5. The van der Waals surface area contributed by atoms with Gasteiger partial charge in [0.1, 0.15) is 0 Å². The Morgan fingerprint density at radius 2 is 2.31 bits per heavy atom. The van der Waals surface area contributed by atoms with Crippen LogP contribution in [0.25, 0.3) is 0 Å². The van der Waals surface area contributed by atoms with Crippen LogP contribution in [0.3, 0.4) is 0 Å². The molecule has 0 atom stereocenters. The molecule has 0 spiro atoms. The van der Waals surface area contributed by atoms with Crippen molar-refractivity contribution in [3.63, 3.8) is 0 Å². The number of hydrogen-bond acceptors (Lipinski definition) is 4. The normalized spacial score (nSPS) is 26.3. The molecule has 1 aromatic rings. The highest BCUT2D eigenvalue weighted by Crippen LogP contribution is 2.30. The molecule has 0 radical (unpaired) electrons. The largest absolute Gasteiger partial charge is 0.390 e. The first-order chi connectivity index (χ1) is 5.81. The molecule has 1 aliphatic rings. The number of hydrogen-bond donors (Lipinski definition) is 2. The van der Waals surface area contributed by atoms with Crippen LogP contribution in [0.2, 0.25) is 0 Å². The summed E-state index contributed by atoms with van der Waals surface area (Å²) in [6.07, 6.45) is 3.47.